The van der Waals surface area contributed by atoms with Crippen molar-refractivity contribution in [1.82, 2.24) is 5.32 Å². The molecule has 1 aliphatic carbocycles. The molecule has 0 radical (unpaired) electrons. The summed E-state index contributed by atoms with van der Waals surface area (Å²) in [7, 11) is 0. The Labute approximate surface area is 110 Å². The fourth-order valence-corrected chi connectivity index (χ4v) is 2.92. The molecule has 1 atom stereocenters. The zero-order chi connectivity index (χ0) is 12.8. The van der Waals surface area contributed by atoms with Crippen molar-refractivity contribution in [3.8, 4) is 0 Å². The van der Waals surface area contributed by atoms with Gasteiger partial charge < -0.3 is 5.32 Å². The van der Waals surface area contributed by atoms with Crippen molar-refractivity contribution in [2.45, 2.75) is 51.5 Å². The standard InChI is InChI=1S/C16H24FN/c1-2-16(14-9-6-10-15(17)11-14)18-12-13-7-4-3-5-8-13/h6,9-11,13,16,18H,2-5,7-8,12H2,1H3. The molecule has 1 aromatic carbocycles. The lowest BCUT2D eigenvalue weighted by Gasteiger charge is -2.25. The van der Waals surface area contributed by atoms with Crippen molar-refractivity contribution < 1.29 is 4.39 Å². The van der Waals surface area contributed by atoms with Crippen LogP contribution >= 0.6 is 0 Å². The van der Waals surface area contributed by atoms with Crippen molar-refractivity contribution in [3.05, 3.63) is 35.6 Å². The van der Waals surface area contributed by atoms with Crippen molar-refractivity contribution in [1.29, 1.82) is 0 Å². The van der Waals surface area contributed by atoms with Gasteiger partial charge in [0.2, 0.25) is 0 Å². The predicted octanol–water partition coefficient (Wildman–Crippen LogP) is 4.45. The molecular formula is C16H24FN. The van der Waals surface area contributed by atoms with Gasteiger partial charge in [0.05, 0.1) is 0 Å². The Bertz CT molecular complexity index is 358. The third kappa shape index (κ3) is 3.81. The number of hydrogen-bond donors (Lipinski definition) is 1. The van der Waals surface area contributed by atoms with Gasteiger partial charge in [0.25, 0.3) is 0 Å². The van der Waals surface area contributed by atoms with E-state index in [0.29, 0.717) is 6.04 Å². The summed E-state index contributed by atoms with van der Waals surface area (Å²) in [5.41, 5.74) is 1.08. The number of benzene rings is 1. The van der Waals surface area contributed by atoms with Gasteiger partial charge in [0.1, 0.15) is 5.82 Å². The van der Waals surface area contributed by atoms with Gasteiger partial charge in [-0.15, -0.1) is 0 Å². The smallest absolute Gasteiger partial charge is 0.123 e. The molecule has 2 heteroatoms. The third-order valence-corrected chi connectivity index (χ3v) is 4.04. The Kier molecular flexibility index (Phi) is 5.18. The van der Waals surface area contributed by atoms with Crippen molar-refractivity contribution >= 4 is 0 Å². The van der Waals surface area contributed by atoms with E-state index in [-0.39, 0.29) is 5.82 Å². The highest BCUT2D eigenvalue weighted by atomic mass is 19.1. The topological polar surface area (TPSA) is 12.0 Å². The summed E-state index contributed by atoms with van der Waals surface area (Å²) < 4.78 is 13.2. The van der Waals surface area contributed by atoms with Gasteiger partial charge in [-0.1, -0.05) is 38.3 Å². The molecule has 1 aliphatic rings. The average Bonchev–Trinajstić information content (AvgIpc) is 2.41. The summed E-state index contributed by atoms with van der Waals surface area (Å²) in [5.74, 6) is 0.687. The fourth-order valence-electron chi connectivity index (χ4n) is 2.92. The van der Waals surface area contributed by atoms with Crippen LogP contribution in [0.25, 0.3) is 0 Å². The van der Waals surface area contributed by atoms with Crippen LogP contribution in [0.1, 0.15) is 57.1 Å². The van der Waals surface area contributed by atoms with Crippen LogP contribution in [0.5, 0.6) is 0 Å². The molecule has 1 saturated carbocycles. The Morgan fingerprint density at radius 2 is 2.06 bits per heavy atom. The first-order chi connectivity index (χ1) is 8.79. The van der Waals surface area contributed by atoms with Gasteiger partial charge >= 0.3 is 0 Å². The Morgan fingerprint density at radius 1 is 1.28 bits per heavy atom. The van der Waals surface area contributed by atoms with Crippen LogP contribution in [-0.4, -0.2) is 6.54 Å². The van der Waals surface area contributed by atoms with E-state index in [9.17, 15) is 4.39 Å². The van der Waals surface area contributed by atoms with E-state index >= 15 is 0 Å². The summed E-state index contributed by atoms with van der Waals surface area (Å²) in [6.07, 6.45) is 7.87. The summed E-state index contributed by atoms with van der Waals surface area (Å²) >= 11 is 0. The highest BCUT2D eigenvalue weighted by Crippen LogP contribution is 2.24. The van der Waals surface area contributed by atoms with Gasteiger partial charge in [-0.3, -0.25) is 0 Å². The molecule has 0 heterocycles. The summed E-state index contributed by atoms with van der Waals surface area (Å²) in [5, 5.41) is 3.62. The fraction of sp³-hybridized carbons (Fsp3) is 0.625. The minimum absolute atomic E-state index is 0.134. The maximum Gasteiger partial charge on any atom is 0.123 e. The van der Waals surface area contributed by atoms with Crippen LogP contribution in [0.15, 0.2) is 24.3 Å². The quantitative estimate of drug-likeness (QED) is 0.813. The summed E-state index contributed by atoms with van der Waals surface area (Å²) in [6.45, 7) is 3.23. The van der Waals surface area contributed by atoms with E-state index in [1.165, 1.54) is 38.2 Å². The molecule has 1 nitrogen and oxygen atoms in total. The van der Waals surface area contributed by atoms with E-state index in [1.807, 2.05) is 6.07 Å². The summed E-state index contributed by atoms with van der Waals surface area (Å²) in [4.78, 5) is 0. The van der Waals surface area contributed by atoms with Crippen LogP contribution in [0, 0.1) is 11.7 Å². The molecule has 1 fully saturated rings. The molecule has 0 amide bonds. The first kappa shape index (κ1) is 13.5. The van der Waals surface area contributed by atoms with Crippen LogP contribution in [0.3, 0.4) is 0 Å². The van der Waals surface area contributed by atoms with Gasteiger partial charge in [-0.05, 0) is 49.4 Å². The first-order valence-corrected chi connectivity index (χ1v) is 7.28. The normalized spacial score (nSPS) is 18.8. The van der Waals surface area contributed by atoms with Crippen molar-refractivity contribution in [2.75, 3.05) is 6.54 Å². The van der Waals surface area contributed by atoms with E-state index in [0.717, 1.165) is 24.4 Å². The second-order valence-corrected chi connectivity index (χ2v) is 5.43. The first-order valence-electron chi connectivity index (χ1n) is 7.28. The van der Waals surface area contributed by atoms with E-state index in [4.69, 9.17) is 0 Å². The number of hydrogen-bond acceptors (Lipinski definition) is 1. The van der Waals surface area contributed by atoms with Crippen LogP contribution in [0.4, 0.5) is 4.39 Å². The van der Waals surface area contributed by atoms with Crippen LogP contribution in [0.2, 0.25) is 0 Å². The van der Waals surface area contributed by atoms with Crippen molar-refractivity contribution in [3.63, 3.8) is 0 Å². The molecule has 100 valence electrons. The second-order valence-electron chi connectivity index (χ2n) is 5.43. The molecular weight excluding hydrogens is 225 g/mol. The highest BCUT2D eigenvalue weighted by Gasteiger charge is 2.16. The Balaban J connectivity index is 1.88. The second kappa shape index (κ2) is 6.89. The molecule has 0 saturated heterocycles. The molecule has 1 unspecified atom stereocenters. The molecule has 2 rings (SSSR count). The van der Waals surface area contributed by atoms with Crippen LogP contribution in [-0.2, 0) is 0 Å². The Morgan fingerprint density at radius 3 is 2.72 bits per heavy atom. The lowest BCUT2D eigenvalue weighted by Crippen LogP contribution is -2.28. The maximum atomic E-state index is 13.2. The van der Waals surface area contributed by atoms with Gasteiger partial charge in [-0.2, -0.15) is 0 Å². The number of nitrogens with one attached hydrogen (secondary N) is 1. The monoisotopic (exact) mass is 249 g/mol. The molecule has 0 spiro atoms. The van der Waals surface area contributed by atoms with Gasteiger partial charge in [0.15, 0.2) is 0 Å². The number of rotatable bonds is 5. The SMILES string of the molecule is CCC(NCC1CCCCC1)c1cccc(F)c1. The number of halogens is 1. The molecule has 1 N–H and O–H groups in total. The van der Waals surface area contributed by atoms with Gasteiger partial charge in [-0.25, -0.2) is 4.39 Å². The maximum absolute atomic E-state index is 13.2. The minimum Gasteiger partial charge on any atom is -0.310 e. The third-order valence-electron chi connectivity index (χ3n) is 4.04. The van der Waals surface area contributed by atoms with E-state index in [1.54, 1.807) is 12.1 Å². The molecule has 0 aromatic heterocycles. The predicted molar refractivity (Wildman–Crippen MR) is 74.0 cm³/mol. The Hall–Kier alpha value is -0.890. The van der Waals surface area contributed by atoms with E-state index < -0.39 is 0 Å². The van der Waals surface area contributed by atoms with Gasteiger partial charge in [0, 0.05) is 6.04 Å². The summed E-state index contributed by atoms with van der Waals surface area (Å²) in [6, 6.07) is 7.28. The lowest BCUT2D eigenvalue weighted by atomic mass is 9.89. The molecule has 1 aromatic rings. The lowest BCUT2D eigenvalue weighted by molar-refractivity contribution is 0.326. The molecule has 0 bridgehead atoms. The average molecular weight is 249 g/mol. The molecule has 0 aliphatic heterocycles. The zero-order valence-electron chi connectivity index (χ0n) is 11.3. The highest BCUT2D eigenvalue weighted by molar-refractivity contribution is 5.20. The van der Waals surface area contributed by atoms with Crippen molar-refractivity contribution in [2.24, 2.45) is 5.92 Å². The van der Waals surface area contributed by atoms with Crippen LogP contribution < -0.4 is 5.32 Å². The minimum atomic E-state index is -0.134. The molecule has 18 heavy (non-hydrogen) atoms. The zero-order valence-corrected chi connectivity index (χ0v) is 11.3. The van der Waals surface area contributed by atoms with E-state index in [2.05, 4.69) is 12.2 Å². The largest absolute Gasteiger partial charge is 0.310 e.